The average Bonchev–Trinajstić information content (AvgIpc) is 2.38. The molecule has 0 atom stereocenters. The molecule has 6 heteroatoms. The summed E-state index contributed by atoms with van der Waals surface area (Å²) in [5.74, 6) is 0. The van der Waals surface area contributed by atoms with Crippen LogP contribution in [0.2, 0.25) is 0 Å². The fourth-order valence-corrected chi connectivity index (χ4v) is 1.96. The number of fused-ring (bicyclic) bond motifs is 3. The van der Waals surface area contributed by atoms with Crippen LogP contribution in [0.5, 0.6) is 0 Å². The number of nitrogens with zero attached hydrogens (tertiary/aromatic N) is 2. The Balaban J connectivity index is 0.000000328. The van der Waals surface area contributed by atoms with Crippen molar-refractivity contribution in [3.8, 4) is 0 Å². The van der Waals surface area contributed by atoms with Gasteiger partial charge in [-0.05, 0) is 10.4 Å². The van der Waals surface area contributed by atoms with E-state index in [0.29, 0.717) is 0 Å². The van der Waals surface area contributed by atoms with E-state index in [1.807, 2.05) is 26.0 Å². The summed E-state index contributed by atoms with van der Waals surface area (Å²) in [5.41, 5.74) is 4.06. The number of allylic oxidation sites excluding steroid dienone is 4. The molecule has 0 saturated carbocycles. The predicted molar refractivity (Wildman–Crippen MR) is 95.0 cm³/mol. The fraction of sp³-hybridized carbons (Fsp3) is 0.143. The Morgan fingerprint density at radius 2 is 1.10 bits per heavy atom. The van der Waals surface area contributed by atoms with Crippen LogP contribution in [0.4, 0.5) is 11.4 Å². The molecular weight excluding hydrogens is 633 g/mol. The first kappa shape index (κ1) is 16.6. The van der Waals surface area contributed by atoms with E-state index in [1.54, 1.807) is 0 Å². The molecule has 0 spiro atoms. The number of hydrogen-bond donors (Lipinski definition) is 0. The number of benzene rings is 1. The molecule has 2 nitrogen and oxygen atoms in total. The Bertz CT molecular complexity index is 633. The van der Waals surface area contributed by atoms with Gasteiger partial charge in [-0.25, -0.2) is 0 Å². The van der Waals surface area contributed by atoms with Crippen molar-refractivity contribution < 1.29 is 12.0 Å². The molecule has 0 amide bonds. The molecule has 2 aliphatic heterocycles. The van der Waals surface area contributed by atoms with Crippen LogP contribution in [0.25, 0.3) is 22.8 Å². The molecule has 0 bridgehead atoms. The van der Waals surface area contributed by atoms with Gasteiger partial charge in [0.1, 0.15) is 0 Å². The Morgan fingerprint density at radius 3 is 1.45 bits per heavy atom. The van der Waals surface area contributed by atoms with Gasteiger partial charge in [0.25, 0.3) is 0 Å². The Kier molecular flexibility index (Phi) is 6.20. The Hall–Kier alpha value is 0.220. The quantitative estimate of drug-likeness (QED) is 0.328. The second kappa shape index (κ2) is 7.47. The number of halogens is 3. The van der Waals surface area contributed by atoms with Crippen LogP contribution in [0.1, 0.15) is 13.8 Å². The van der Waals surface area contributed by atoms with E-state index < -0.39 is 12.0 Å². The van der Waals surface area contributed by atoms with Crippen LogP contribution in [-0.2, 0) is 12.0 Å². The Labute approximate surface area is 144 Å². The van der Waals surface area contributed by atoms with Gasteiger partial charge < -0.3 is 10.6 Å². The van der Waals surface area contributed by atoms with Crippen LogP contribution < -0.4 is 10.4 Å². The molecular formula is C14H12AuBr3N2-2. The van der Waals surface area contributed by atoms with Crippen molar-refractivity contribution in [3.05, 3.63) is 56.7 Å². The van der Waals surface area contributed by atoms with Gasteiger partial charge in [-0.1, -0.05) is 50.3 Å². The maximum atomic E-state index is 4.58. The molecule has 0 radical (unpaired) electrons. The van der Waals surface area contributed by atoms with Gasteiger partial charge >= 0.3 is 51.1 Å². The van der Waals surface area contributed by atoms with E-state index in [2.05, 4.69) is 74.0 Å². The van der Waals surface area contributed by atoms with Crippen LogP contribution in [0.3, 0.4) is 0 Å². The Morgan fingerprint density at radius 1 is 0.750 bits per heavy atom. The molecule has 20 heavy (non-hydrogen) atoms. The van der Waals surface area contributed by atoms with Crippen LogP contribution >= 0.6 is 39.1 Å². The van der Waals surface area contributed by atoms with E-state index in [-0.39, 0.29) is 0 Å². The second-order valence-corrected chi connectivity index (χ2v) is 32.7. The first-order valence-electron chi connectivity index (χ1n) is 5.72. The number of rotatable bonds is 0. The molecule has 0 N–H and O–H groups in total. The van der Waals surface area contributed by atoms with Gasteiger partial charge in [-0.15, -0.1) is 11.4 Å². The molecule has 0 aliphatic carbocycles. The van der Waals surface area contributed by atoms with Gasteiger partial charge in [0.2, 0.25) is 0 Å². The summed E-state index contributed by atoms with van der Waals surface area (Å²) in [6.45, 7) is 4.02. The maximum absolute atomic E-state index is 4.58. The van der Waals surface area contributed by atoms with Gasteiger partial charge in [0.15, 0.2) is 0 Å². The molecule has 0 unspecified atom stereocenters. The molecule has 2 aliphatic rings. The summed E-state index contributed by atoms with van der Waals surface area (Å²) < 4.78 is 0. The van der Waals surface area contributed by atoms with Crippen LogP contribution in [0, 0.1) is 0 Å². The first-order valence-corrected chi connectivity index (χ1v) is 19.9. The van der Waals surface area contributed by atoms with Crippen molar-refractivity contribution in [2.24, 2.45) is 0 Å². The van der Waals surface area contributed by atoms with Crippen molar-refractivity contribution in [2.75, 3.05) is 0 Å². The van der Waals surface area contributed by atoms with E-state index >= 15 is 0 Å². The molecule has 1 aromatic carbocycles. The number of hydrogen-bond acceptors (Lipinski definition) is 0. The summed E-state index contributed by atoms with van der Waals surface area (Å²) >= 11 is 8.99. The first-order chi connectivity index (χ1) is 9.47. The predicted octanol–water partition coefficient (Wildman–Crippen LogP) is 5.63. The van der Waals surface area contributed by atoms with Gasteiger partial charge in [-0.3, -0.25) is 0 Å². The normalized spacial score (nSPS) is 15.3. The molecule has 0 aromatic heterocycles. The molecule has 1 aromatic rings. The minimum atomic E-state index is -0.766. The zero-order valence-electron chi connectivity index (χ0n) is 10.8. The minimum absolute atomic E-state index is 0.766. The summed E-state index contributed by atoms with van der Waals surface area (Å²) in [6, 6.07) is 4.20. The second-order valence-electron chi connectivity index (χ2n) is 4.24. The topological polar surface area (TPSA) is 28.2 Å². The van der Waals surface area contributed by atoms with Gasteiger partial charge in [0.05, 0.1) is 0 Å². The van der Waals surface area contributed by atoms with Crippen molar-refractivity contribution in [3.63, 3.8) is 0 Å². The summed E-state index contributed by atoms with van der Waals surface area (Å²) in [7, 11) is 0. The monoisotopic (exact) mass is 642 g/mol. The van der Waals surface area contributed by atoms with E-state index in [9.17, 15) is 0 Å². The zero-order chi connectivity index (χ0) is 14.7. The average molecular weight is 645 g/mol. The van der Waals surface area contributed by atoms with Crippen molar-refractivity contribution in [1.82, 2.24) is 0 Å². The summed E-state index contributed by atoms with van der Waals surface area (Å²) in [4.78, 5) is 0. The van der Waals surface area contributed by atoms with Crippen molar-refractivity contribution in [2.45, 2.75) is 13.8 Å². The summed E-state index contributed by atoms with van der Waals surface area (Å²) in [5, 5.41) is 11.5. The molecule has 3 rings (SSSR count). The third kappa shape index (κ3) is 4.36. The van der Waals surface area contributed by atoms with Gasteiger partial charge in [-0.2, -0.15) is 11.4 Å². The van der Waals surface area contributed by atoms with E-state index in [0.717, 1.165) is 33.2 Å². The molecule has 112 valence electrons. The van der Waals surface area contributed by atoms with Crippen LogP contribution in [0.15, 0.2) is 35.7 Å². The zero-order valence-corrected chi connectivity index (χ0v) is 17.7. The standard InChI is InChI=1S/C14H12N2.Au.3BrH/c1-9-3-5-11-7-8-12-6-4-10(2)16-14(12)13(11)15-9;;;;/h3-8H,1-2H3;;3*1H/q-2;+3;;;/p-3. The fourth-order valence-electron chi connectivity index (χ4n) is 1.96. The third-order valence-corrected chi connectivity index (χ3v) is 2.80. The van der Waals surface area contributed by atoms with E-state index in [4.69, 9.17) is 0 Å². The van der Waals surface area contributed by atoms with Crippen molar-refractivity contribution >= 4 is 62.6 Å². The summed E-state index contributed by atoms with van der Waals surface area (Å²) in [6.07, 6.45) is 8.26. The molecule has 0 saturated heterocycles. The van der Waals surface area contributed by atoms with Gasteiger partial charge in [0, 0.05) is 0 Å². The third-order valence-electron chi connectivity index (χ3n) is 2.80. The molecule has 2 heterocycles. The van der Waals surface area contributed by atoms with Crippen molar-refractivity contribution in [1.29, 1.82) is 0 Å². The molecule has 0 fully saturated rings. The van der Waals surface area contributed by atoms with E-state index in [1.165, 1.54) is 0 Å². The SMILES string of the molecule is CC1=CC=c2ccc3c(c2[N-]1)[N-]C(C)=CC=3.[Br][Au]([Br])[Br]. The van der Waals surface area contributed by atoms with Crippen LogP contribution in [-0.4, -0.2) is 0 Å².